The molecule has 0 atom stereocenters. The third-order valence-corrected chi connectivity index (χ3v) is 8.55. The lowest BCUT2D eigenvalue weighted by Gasteiger charge is -2.08. The van der Waals surface area contributed by atoms with E-state index in [0.29, 0.717) is 11.3 Å². The average molecular weight is 549 g/mol. The number of hydrogen-bond donors (Lipinski definition) is 0. The summed E-state index contributed by atoms with van der Waals surface area (Å²) in [4.78, 5) is 3.67. The molecule has 0 amide bonds. The monoisotopic (exact) mass is 548 g/mol. The second kappa shape index (κ2) is 8.60. The largest absolute Gasteiger partial charge is 0.454 e. The molecule has 9 rings (SSSR count). The number of nitriles is 1. The van der Waals surface area contributed by atoms with Crippen LogP contribution < -0.4 is 0 Å². The van der Waals surface area contributed by atoms with Gasteiger partial charge in [0.05, 0.1) is 46.0 Å². The zero-order valence-electron chi connectivity index (χ0n) is 22.7. The minimum absolute atomic E-state index is 0.633. The van der Waals surface area contributed by atoms with Crippen LogP contribution >= 0.6 is 0 Å². The summed E-state index contributed by atoms with van der Waals surface area (Å²) < 4.78 is 11.1. The van der Waals surface area contributed by atoms with E-state index in [4.69, 9.17) is 11.0 Å². The van der Waals surface area contributed by atoms with Gasteiger partial charge in [0.1, 0.15) is 5.58 Å². The summed E-state index contributed by atoms with van der Waals surface area (Å²) in [7, 11) is 0. The molecule has 6 aromatic carbocycles. The van der Waals surface area contributed by atoms with Gasteiger partial charge in [0.15, 0.2) is 11.3 Å². The van der Waals surface area contributed by atoms with Crippen molar-refractivity contribution in [2.45, 2.75) is 0 Å². The molecule has 0 N–H and O–H groups in total. The number of aromatic nitrogens is 2. The second-order valence-corrected chi connectivity index (χ2v) is 10.8. The van der Waals surface area contributed by atoms with E-state index in [1.807, 2.05) is 60.7 Å². The first-order valence-corrected chi connectivity index (χ1v) is 14.0. The van der Waals surface area contributed by atoms with E-state index in [9.17, 15) is 5.26 Å². The van der Waals surface area contributed by atoms with E-state index in [0.717, 1.165) is 76.9 Å². The molecule has 5 heteroatoms. The van der Waals surface area contributed by atoms with Crippen LogP contribution in [0, 0.1) is 17.9 Å². The summed E-state index contributed by atoms with van der Waals surface area (Å²) in [5.74, 6) is 0. The molecule has 9 aromatic rings. The van der Waals surface area contributed by atoms with Gasteiger partial charge in [-0.15, -0.1) is 0 Å². The Kier molecular flexibility index (Phi) is 4.68. The number of rotatable bonds is 2. The highest BCUT2D eigenvalue weighted by molar-refractivity contribution is 6.14. The van der Waals surface area contributed by atoms with E-state index >= 15 is 0 Å². The molecule has 0 spiro atoms. The van der Waals surface area contributed by atoms with Crippen LogP contribution in [-0.2, 0) is 0 Å². The maximum absolute atomic E-state index is 9.56. The van der Waals surface area contributed by atoms with Crippen LogP contribution in [0.5, 0.6) is 0 Å². The first-order chi connectivity index (χ1) is 21.2. The van der Waals surface area contributed by atoms with E-state index in [1.54, 1.807) is 0 Å². The first-order valence-electron chi connectivity index (χ1n) is 14.0. The van der Waals surface area contributed by atoms with Gasteiger partial charge in [-0.2, -0.15) is 5.26 Å². The Morgan fingerprint density at radius 3 is 2.05 bits per heavy atom. The number of para-hydroxylation sites is 3. The summed E-state index contributed by atoms with van der Waals surface area (Å²) >= 11 is 0. The fourth-order valence-corrected chi connectivity index (χ4v) is 6.70. The SMILES string of the molecule is [C-]#[N+]c1ccc2c(c1)c1ccccc1n2-c1ccc2oc3c(-n4c5ccccc5c5cc(C#N)ccc54)cccc3c2c1. The van der Waals surface area contributed by atoms with Crippen molar-refractivity contribution in [3.05, 3.63) is 138 Å². The lowest BCUT2D eigenvalue weighted by atomic mass is 10.1. The molecular formula is C38H20N4O. The van der Waals surface area contributed by atoms with Gasteiger partial charge in [-0.1, -0.05) is 54.6 Å². The molecule has 3 aromatic heterocycles. The van der Waals surface area contributed by atoms with Crippen LogP contribution in [-0.4, -0.2) is 9.13 Å². The van der Waals surface area contributed by atoms with Crippen molar-refractivity contribution in [3.8, 4) is 17.4 Å². The molecule has 0 aliphatic rings. The lowest BCUT2D eigenvalue weighted by Crippen LogP contribution is -1.94. The van der Waals surface area contributed by atoms with Gasteiger partial charge >= 0.3 is 0 Å². The Bertz CT molecular complexity index is 2710. The molecule has 0 saturated carbocycles. The van der Waals surface area contributed by atoms with Gasteiger partial charge in [-0.05, 0) is 72.1 Å². The number of furan rings is 1. The van der Waals surface area contributed by atoms with Crippen LogP contribution in [0.2, 0.25) is 0 Å². The Balaban J connectivity index is 1.32. The van der Waals surface area contributed by atoms with Gasteiger partial charge in [-0.25, -0.2) is 4.85 Å². The van der Waals surface area contributed by atoms with E-state index in [-0.39, 0.29) is 0 Å². The van der Waals surface area contributed by atoms with Gasteiger partial charge in [0, 0.05) is 32.6 Å². The fraction of sp³-hybridized carbons (Fsp3) is 0. The maximum Gasteiger partial charge on any atom is 0.188 e. The topological polar surface area (TPSA) is 51.1 Å². The van der Waals surface area contributed by atoms with Gasteiger partial charge in [0.2, 0.25) is 0 Å². The molecule has 0 bridgehead atoms. The predicted molar refractivity (Wildman–Crippen MR) is 173 cm³/mol. The van der Waals surface area contributed by atoms with Crippen molar-refractivity contribution in [2.75, 3.05) is 0 Å². The quantitative estimate of drug-likeness (QED) is 0.202. The summed E-state index contributed by atoms with van der Waals surface area (Å²) in [6, 6.07) is 43.3. The Morgan fingerprint density at radius 1 is 0.581 bits per heavy atom. The van der Waals surface area contributed by atoms with Crippen LogP contribution in [0.3, 0.4) is 0 Å². The molecule has 3 heterocycles. The fourth-order valence-electron chi connectivity index (χ4n) is 6.70. The van der Waals surface area contributed by atoms with Crippen molar-refractivity contribution >= 4 is 71.2 Å². The molecule has 43 heavy (non-hydrogen) atoms. The predicted octanol–water partition coefficient (Wildman–Crippen LogP) is 10.2. The van der Waals surface area contributed by atoms with Crippen molar-refractivity contribution in [1.82, 2.24) is 9.13 Å². The number of hydrogen-bond acceptors (Lipinski definition) is 2. The van der Waals surface area contributed by atoms with Crippen LogP contribution in [0.25, 0.3) is 81.8 Å². The molecule has 0 saturated heterocycles. The van der Waals surface area contributed by atoms with Crippen LogP contribution in [0.15, 0.2) is 126 Å². The molecule has 198 valence electrons. The third-order valence-electron chi connectivity index (χ3n) is 8.55. The molecule has 0 aliphatic heterocycles. The van der Waals surface area contributed by atoms with Gasteiger partial charge in [-0.3, -0.25) is 0 Å². The van der Waals surface area contributed by atoms with Crippen molar-refractivity contribution in [3.63, 3.8) is 0 Å². The van der Waals surface area contributed by atoms with Crippen LogP contribution in [0.1, 0.15) is 5.56 Å². The molecule has 0 aliphatic carbocycles. The number of nitrogens with zero attached hydrogens (tertiary/aromatic N) is 4. The number of benzene rings is 6. The van der Waals surface area contributed by atoms with E-state index < -0.39 is 0 Å². The van der Waals surface area contributed by atoms with Gasteiger partial charge < -0.3 is 13.6 Å². The smallest absolute Gasteiger partial charge is 0.188 e. The van der Waals surface area contributed by atoms with Crippen molar-refractivity contribution < 1.29 is 4.42 Å². The average Bonchev–Trinajstić information content (AvgIpc) is 3.71. The molecular weight excluding hydrogens is 528 g/mol. The first kappa shape index (κ1) is 23.4. The summed E-state index contributed by atoms with van der Waals surface area (Å²) in [6.45, 7) is 7.52. The summed E-state index contributed by atoms with van der Waals surface area (Å²) in [5.41, 5.74) is 9.12. The Hall–Kier alpha value is -6.30. The zero-order chi connectivity index (χ0) is 28.7. The standard InChI is InChI=1S/C38H20N4O/c1-40-24-14-17-34-30(20-24)27-8-2-4-10-32(27)41(34)25-15-18-37-31(21-25)28-9-6-12-36(38(28)43-37)42-33-11-5-3-7-26(33)29-19-23(22-39)13-16-35(29)42/h2-21H. The van der Waals surface area contributed by atoms with Crippen LogP contribution in [0.4, 0.5) is 5.69 Å². The molecule has 0 unspecified atom stereocenters. The van der Waals surface area contributed by atoms with Gasteiger partial charge in [0.25, 0.3) is 0 Å². The third kappa shape index (κ3) is 3.19. The summed E-state index contributed by atoms with van der Waals surface area (Å²) in [5, 5.41) is 15.9. The van der Waals surface area contributed by atoms with E-state index in [2.05, 4.69) is 80.7 Å². The minimum atomic E-state index is 0.633. The van der Waals surface area contributed by atoms with Crippen molar-refractivity contribution in [1.29, 1.82) is 5.26 Å². The minimum Gasteiger partial charge on any atom is -0.454 e. The van der Waals surface area contributed by atoms with Crippen molar-refractivity contribution in [2.24, 2.45) is 0 Å². The Labute approximate surface area is 245 Å². The molecule has 5 nitrogen and oxygen atoms in total. The maximum atomic E-state index is 9.56. The highest BCUT2D eigenvalue weighted by Gasteiger charge is 2.19. The van der Waals surface area contributed by atoms with E-state index in [1.165, 1.54) is 0 Å². The molecule has 0 radical (unpaired) electrons. The second-order valence-electron chi connectivity index (χ2n) is 10.8. The molecule has 0 fully saturated rings. The Morgan fingerprint density at radius 2 is 1.26 bits per heavy atom. The summed E-state index contributed by atoms with van der Waals surface area (Å²) in [6.07, 6.45) is 0. The highest BCUT2D eigenvalue weighted by Crippen LogP contribution is 2.40. The highest BCUT2D eigenvalue weighted by atomic mass is 16.3. The number of fused-ring (bicyclic) bond motifs is 9. The normalized spacial score (nSPS) is 11.7. The lowest BCUT2D eigenvalue weighted by molar-refractivity contribution is 0.666. The zero-order valence-corrected chi connectivity index (χ0v) is 22.7.